The van der Waals surface area contributed by atoms with Crippen LogP contribution < -0.4 is 5.32 Å². The highest BCUT2D eigenvalue weighted by Gasteiger charge is 2.17. The van der Waals surface area contributed by atoms with Gasteiger partial charge < -0.3 is 14.7 Å². The second-order valence-electron chi connectivity index (χ2n) is 6.27. The van der Waals surface area contributed by atoms with E-state index in [-0.39, 0.29) is 5.91 Å². The van der Waals surface area contributed by atoms with Gasteiger partial charge in [0.2, 0.25) is 0 Å². The number of hydrogen-bond acceptors (Lipinski definition) is 5. The molecule has 0 bridgehead atoms. The molecule has 3 heterocycles. The highest BCUT2D eigenvalue weighted by molar-refractivity contribution is 6.05. The lowest BCUT2D eigenvalue weighted by atomic mass is 10.1. The second kappa shape index (κ2) is 7.08. The van der Waals surface area contributed by atoms with Gasteiger partial charge in [-0.15, -0.1) is 0 Å². The zero-order valence-electron chi connectivity index (χ0n) is 13.9. The Morgan fingerprint density at radius 2 is 2.09 bits per heavy atom. The average molecular weight is 316 g/mol. The summed E-state index contributed by atoms with van der Waals surface area (Å²) >= 11 is 0. The molecule has 6 heteroatoms. The van der Waals surface area contributed by atoms with Crippen LogP contribution in [0.15, 0.2) is 10.6 Å². The third kappa shape index (κ3) is 3.69. The van der Waals surface area contributed by atoms with Crippen LogP contribution in [-0.2, 0) is 0 Å². The van der Waals surface area contributed by atoms with Crippen molar-refractivity contribution in [3.63, 3.8) is 0 Å². The molecule has 0 radical (unpaired) electrons. The SMILES string of the molecule is Cc1cc(C(=O)NCCCN2CCCCC2)c2c(C)noc2n1. The lowest BCUT2D eigenvalue weighted by molar-refractivity contribution is 0.0952. The summed E-state index contributed by atoms with van der Waals surface area (Å²) < 4.78 is 5.18. The minimum atomic E-state index is -0.0783. The third-order valence-electron chi connectivity index (χ3n) is 4.38. The van der Waals surface area contributed by atoms with Gasteiger partial charge in [-0.3, -0.25) is 4.79 Å². The molecule has 6 nitrogen and oxygen atoms in total. The van der Waals surface area contributed by atoms with Crippen LogP contribution in [0, 0.1) is 13.8 Å². The molecule has 3 rings (SSSR count). The summed E-state index contributed by atoms with van der Waals surface area (Å²) in [6.07, 6.45) is 4.92. The molecule has 1 N–H and O–H groups in total. The highest BCUT2D eigenvalue weighted by Crippen LogP contribution is 2.21. The van der Waals surface area contributed by atoms with Crippen LogP contribution in [-0.4, -0.2) is 47.1 Å². The van der Waals surface area contributed by atoms with Crippen LogP contribution in [0.2, 0.25) is 0 Å². The summed E-state index contributed by atoms with van der Waals surface area (Å²) in [5.41, 5.74) is 2.49. The first-order chi connectivity index (χ1) is 11.1. The Bertz CT molecular complexity index is 689. The molecule has 2 aromatic heterocycles. The molecule has 1 aliphatic rings. The van der Waals surface area contributed by atoms with Crippen molar-refractivity contribution in [2.75, 3.05) is 26.2 Å². The maximum atomic E-state index is 12.5. The number of nitrogens with zero attached hydrogens (tertiary/aromatic N) is 3. The van der Waals surface area contributed by atoms with E-state index in [0.29, 0.717) is 28.9 Å². The van der Waals surface area contributed by atoms with Crippen LogP contribution in [0.3, 0.4) is 0 Å². The first kappa shape index (κ1) is 15.9. The Kier molecular flexibility index (Phi) is 4.91. The number of carbonyl (C=O) groups excluding carboxylic acids is 1. The summed E-state index contributed by atoms with van der Waals surface area (Å²) in [7, 11) is 0. The molecule has 0 aromatic carbocycles. The fourth-order valence-corrected chi connectivity index (χ4v) is 3.18. The van der Waals surface area contributed by atoms with Crippen LogP contribution in [0.25, 0.3) is 11.1 Å². The van der Waals surface area contributed by atoms with E-state index in [2.05, 4.69) is 20.4 Å². The van der Waals surface area contributed by atoms with E-state index in [1.807, 2.05) is 13.8 Å². The smallest absolute Gasteiger partial charge is 0.258 e. The second-order valence-corrected chi connectivity index (χ2v) is 6.27. The molecule has 0 atom stereocenters. The number of pyridine rings is 1. The Hall–Kier alpha value is -1.95. The number of nitrogens with one attached hydrogen (secondary N) is 1. The molecule has 1 aliphatic heterocycles. The number of amides is 1. The number of piperidine rings is 1. The molecule has 2 aromatic rings. The van der Waals surface area contributed by atoms with E-state index in [9.17, 15) is 4.79 Å². The topological polar surface area (TPSA) is 71.3 Å². The Balaban J connectivity index is 1.59. The summed E-state index contributed by atoms with van der Waals surface area (Å²) in [6.45, 7) is 7.80. The van der Waals surface area contributed by atoms with Crippen LogP contribution in [0.1, 0.15) is 47.4 Å². The van der Waals surface area contributed by atoms with Gasteiger partial charge in [0.25, 0.3) is 11.6 Å². The van der Waals surface area contributed by atoms with Gasteiger partial charge in [-0.05, 0) is 58.8 Å². The largest absolute Gasteiger partial charge is 0.352 e. The fourth-order valence-electron chi connectivity index (χ4n) is 3.18. The van der Waals surface area contributed by atoms with Gasteiger partial charge in [0.15, 0.2) is 0 Å². The summed E-state index contributed by atoms with van der Waals surface area (Å²) in [4.78, 5) is 19.3. The predicted octanol–water partition coefficient (Wildman–Crippen LogP) is 2.45. The van der Waals surface area contributed by atoms with E-state index >= 15 is 0 Å². The third-order valence-corrected chi connectivity index (χ3v) is 4.38. The van der Waals surface area contributed by atoms with Crippen LogP contribution in [0.5, 0.6) is 0 Å². The standard InChI is InChI=1S/C17H24N4O2/c1-12-11-14(15-13(2)20-23-17(15)19-12)16(22)18-7-6-10-21-8-4-3-5-9-21/h11H,3-10H2,1-2H3,(H,18,22). The zero-order valence-corrected chi connectivity index (χ0v) is 13.9. The fraction of sp³-hybridized carbons (Fsp3) is 0.588. The van der Waals surface area contributed by atoms with Crippen molar-refractivity contribution >= 4 is 17.0 Å². The molecule has 1 amide bonds. The van der Waals surface area contributed by atoms with E-state index in [1.54, 1.807) is 6.07 Å². The minimum Gasteiger partial charge on any atom is -0.352 e. The Labute approximate surface area is 136 Å². The molecule has 0 unspecified atom stereocenters. The van der Waals surface area contributed by atoms with Crippen molar-refractivity contribution in [1.29, 1.82) is 0 Å². The lowest BCUT2D eigenvalue weighted by Gasteiger charge is -2.26. The molecule has 0 saturated carbocycles. The normalized spacial score (nSPS) is 15.9. The quantitative estimate of drug-likeness (QED) is 0.858. The lowest BCUT2D eigenvalue weighted by Crippen LogP contribution is -2.33. The molecule has 124 valence electrons. The molecular weight excluding hydrogens is 292 g/mol. The molecule has 1 saturated heterocycles. The van der Waals surface area contributed by atoms with Gasteiger partial charge in [-0.1, -0.05) is 11.6 Å². The number of aromatic nitrogens is 2. The van der Waals surface area contributed by atoms with Crippen LogP contribution >= 0.6 is 0 Å². The Morgan fingerprint density at radius 1 is 1.30 bits per heavy atom. The number of likely N-dealkylation sites (tertiary alicyclic amines) is 1. The van der Waals surface area contributed by atoms with Crippen molar-refractivity contribution in [3.05, 3.63) is 23.0 Å². The minimum absolute atomic E-state index is 0.0783. The number of aryl methyl sites for hydroxylation is 2. The van der Waals surface area contributed by atoms with Gasteiger partial charge in [-0.2, -0.15) is 0 Å². The van der Waals surface area contributed by atoms with Crippen molar-refractivity contribution in [3.8, 4) is 0 Å². The first-order valence-electron chi connectivity index (χ1n) is 8.39. The molecule has 23 heavy (non-hydrogen) atoms. The molecule has 0 spiro atoms. The summed E-state index contributed by atoms with van der Waals surface area (Å²) in [5, 5.41) is 7.64. The number of carbonyl (C=O) groups is 1. The van der Waals surface area contributed by atoms with Crippen molar-refractivity contribution < 1.29 is 9.32 Å². The number of hydrogen-bond donors (Lipinski definition) is 1. The summed E-state index contributed by atoms with van der Waals surface area (Å²) in [5.74, 6) is -0.0783. The van der Waals surface area contributed by atoms with E-state index in [1.165, 1.54) is 32.4 Å². The van der Waals surface area contributed by atoms with Gasteiger partial charge in [0.1, 0.15) is 0 Å². The maximum Gasteiger partial charge on any atom is 0.258 e. The molecule has 1 fully saturated rings. The predicted molar refractivity (Wildman–Crippen MR) is 88.5 cm³/mol. The number of fused-ring (bicyclic) bond motifs is 1. The van der Waals surface area contributed by atoms with Crippen LogP contribution in [0.4, 0.5) is 0 Å². The first-order valence-corrected chi connectivity index (χ1v) is 8.39. The van der Waals surface area contributed by atoms with E-state index in [4.69, 9.17) is 4.52 Å². The monoisotopic (exact) mass is 316 g/mol. The van der Waals surface area contributed by atoms with Gasteiger partial charge in [-0.25, -0.2) is 4.98 Å². The maximum absolute atomic E-state index is 12.5. The Morgan fingerprint density at radius 3 is 2.87 bits per heavy atom. The zero-order chi connectivity index (χ0) is 16.2. The molecule has 0 aliphatic carbocycles. The summed E-state index contributed by atoms with van der Waals surface area (Å²) in [6, 6.07) is 1.80. The van der Waals surface area contributed by atoms with Crippen molar-refractivity contribution in [2.24, 2.45) is 0 Å². The number of rotatable bonds is 5. The van der Waals surface area contributed by atoms with Gasteiger partial charge in [0, 0.05) is 12.2 Å². The van der Waals surface area contributed by atoms with E-state index < -0.39 is 0 Å². The van der Waals surface area contributed by atoms with Gasteiger partial charge in [0.05, 0.1) is 16.6 Å². The molecular formula is C17H24N4O2. The average Bonchev–Trinajstić information content (AvgIpc) is 2.92. The highest BCUT2D eigenvalue weighted by atomic mass is 16.5. The van der Waals surface area contributed by atoms with Crippen molar-refractivity contribution in [1.82, 2.24) is 20.4 Å². The van der Waals surface area contributed by atoms with Crippen molar-refractivity contribution in [2.45, 2.75) is 39.5 Å². The van der Waals surface area contributed by atoms with Gasteiger partial charge >= 0.3 is 0 Å². The van der Waals surface area contributed by atoms with E-state index in [0.717, 1.165) is 18.7 Å².